The van der Waals surface area contributed by atoms with Crippen LogP contribution in [0, 0.1) is 6.92 Å². The Morgan fingerprint density at radius 2 is 2.35 bits per heavy atom. The molecule has 0 aliphatic carbocycles. The van der Waals surface area contributed by atoms with Crippen molar-refractivity contribution in [1.29, 1.82) is 0 Å². The molecule has 0 spiro atoms. The first-order valence-electron chi connectivity index (χ1n) is 7.17. The Balaban J connectivity index is 1.53. The molecule has 0 N–H and O–H groups in total. The third-order valence-electron chi connectivity index (χ3n) is 4.18. The molecule has 4 rings (SSSR count). The summed E-state index contributed by atoms with van der Waals surface area (Å²) in [6.45, 7) is 5.25. The van der Waals surface area contributed by atoms with Gasteiger partial charge in [-0.25, -0.2) is 4.98 Å². The van der Waals surface area contributed by atoms with E-state index in [0.29, 0.717) is 6.04 Å². The number of rotatable bonds is 2. The average Bonchev–Trinajstić information content (AvgIpc) is 3.17. The van der Waals surface area contributed by atoms with Gasteiger partial charge in [0.2, 0.25) is 0 Å². The van der Waals surface area contributed by atoms with Crippen molar-refractivity contribution in [2.75, 3.05) is 19.7 Å². The molecule has 0 bridgehead atoms. The molecule has 2 aliphatic heterocycles. The van der Waals surface area contributed by atoms with Crippen LogP contribution in [0.4, 0.5) is 0 Å². The summed E-state index contributed by atoms with van der Waals surface area (Å²) >= 11 is 3.55. The van der Waals surface area contributed by atoms with E-state index in [2.05, 4.69) is 29.3 Å². The van der Waals surface area contributed by atoms with E-state index in [1.807, 2.05) is 11.3 Å². The Bertz CT molecular complexity index is 607. The number of hydrogen-bond donors (Lipinski definition) is 0. The zero-order valence-corrected chi connectivity index (χ0v) is 13.2. The second kappa shape index (κ2) is 5.22. The molecule has 2 saturated heterocycles. The average molecular weight is 306 g/mol. The number of morpholine rings is 1. The highest BCUT2D eigenvalue weighted by Gasteiger charge is 2.34. The standard InChI is InChI=1S/C15H18N2OS2/c1-10-4-5-14(20-10)12-9-19-15(16-12)13-7-17-6-2-3-11(17)8-18-13/h4-5,9,11,13H,2-3,6-8H2,1H3/t11-,13+/m0/s1. The fourth-order valence-electron chi connectivity index (χ4n) is 3.09. The van der Waals surface area contributed by atoms with Crippen molar-refractivity contribution < 1.29 is 4.74 Å². The Morgan fingerprint density at radius 3 is 3.20 bits per heavy atom. The van der Waals surface area contributed by atoms with Crippen molar-refractivity contribution in [3.05, 3.63) is 27.4 Å². The normalized spacial score (nSPS) is 26.9. The lowest BCUT2D eigenvalue weighted by molar-refractivity contribution is -0.0502. The minimum Gasteiger partial charge on any atom is -0.368 e. The molecule has 2 fully saturated rings. The summed E-state index contributed by atoms with van der Waals surface area (Å²) in [5.74, 6) is 0. The van der Waals surface area contributed by atoms with E-state index in [0.717, 1.165) is 23.9 Å². The molecule has 4 heterocycles. The van der Waals surface area contributed by atoms with Crippen LogP contribution < -0.4 is 0 Å². The molecule has 0 radical (unpaired) electrons. The van der Waals surface area contributed by atoms with E-state index in [-0.39, 0.29) is 6.10 Å². The summed E-state index contributed by atoms with van der Waals surface area (Å²) in [6.07, 6.45) is 2.78. The number of thiazole rings is 1. The van der Waals surface area contributed by atoms with Crippen LogP contribution in [0.5, 0.6) is 0 Å². The lowest BCUT2D eigenvalue weighted by Gasteiger charge is -2.34. The number of aromatic nitrogens is 1. The monoisotopic (exact) mass is 306 g/mol. The van der Waals surface area contributed by atoms with Gasteiger partial charge in [0, 0.05) is 22.8 Å². The van der Waals surface area contributed by atoms with Crippen LogP contribution in [0.15, 0.2) is 17.5 Å². The van der Waals surface area contributed by atoms with E-state index >= 15 is 0 Å². The van der Waals surface area contributed by atoms with Gasteiger partial charge < -0.3 is 4.74 Å². The maximum absolute atomic E-state index is 6.04. The Hall–Kier alpha value is -0.750. The van der Waals surface area contributed by atoms with Gasteiger partial charge in [-0.2, -0.15) is 0 Å². The van der Waals surface area contributed by atoms with Gasteiger partial charge in [0.1, 0.15) is 11.1 Å². The lowest BCUT2D eigenvalue weighted by Crippen LogP contribution is -2.42. The molecular weight excluding hydrogens is 288 g/mol. The van der Waals surface area contributed by atoms with Crippen molar-refractivity contribution in [3.8, 4) is 10.6 Å². The molecule has 20 heavy (non-hydrogen) atoms. The van der Waals surface area contributed by atoms with E-state index in [4.69, 9.17) is 9.72 Å². The zero-order valence-electron chi connectivity index (χ0n) is 11.5. The molecular formula is C15H18N2OS2. The summed E-state index contributed by atoms with van der Waals surface area (Å²) in [6, 6.07) is 4.98. The van der Waals surface area contributed by atoms with Crippen molar-refractivity contribution in [3.63, 3.8) is 0 Å². The Kier molecular flexibility index (Phi) is 3.38. The second-order valence-electron chi connectivity index (χ2n) is 5.59. The maximum Gasteiger partial charge on any atom is 0.124 e. The summed E-state index contributed by atoms with van der Waals surface area (Å²) < 4.78 is 6.04. The highest BCUT2D eigenvalue weighted by molar-refractivity contribution is 7.16. The zero-order chi connectivity index (χ0) is 13.5. The Morgan fingerprint density at radius 1 is 1.40 bits per heavy atom. The third kappa shape index (κ3) is 2.33. The molecule has 0 saturated carbocycles. The van der Waals surface area contributed by atoms with Crippen LogP contribution in [0.2, 0.25) is 0 Å². The minimum atomic E-state index is 0.171. The number of thiophene rings is 1. The van der Waals surface area contributed by atoms with Gasteiger partial charge in [-0.05, 0) is 38.4 Å². The first-order valence-corrected chi connectivity index (χ1v) is 8.87. The van der Waals surface area contributed by atoms with E-state index in [1.165, 1.54) is 29.1 Å². The molecule has 0 unspecified atom stereocenters. The summed E-state index contributed by atoms with van der Waals surface area (Å²) in [5.41, 5.74) is 1.11. The molecule has 5 heteroatoms. The summed E-state index contributed by atoms with van der Waals surface area (Å²) in [4.78, 5) is 9.98. The summed E-state index contributed by atoms with van der Waals surface area (Å²) in [7, 11) is 0. The molecule has 2 aromatic rings. The Labute approximate surface area is 127 Å². The van der Waals surface area contributed by atoms with Crippen molar-refractivity contribution >= 4 is 22.7 Å². The third-order valence-corrected chi connectivity index (χ3v) is 6.14. The van der Waals surface area contributed by atoms with Crippen molar-refractivity contribution in [2.45, 2.75) is 31.9 Å². The molecule has 106 valence electrons. The highest BCUT2D eigenvalue weighted by Crippen LogP contribution is 2.34. The van der Waals surface area contributed by atoms with Crippen molar-refractivity contribution in [1.82, 2.24) is 9.88 Å². The number of aryl methyl sites for hydroxylation is 1. The van der Waals surface area contributed by atoms with Gasteiger partial charge in [-0.1, -0.05) is 0 Å². The molecule has 0 amide bonds. The smallest absolute Gasteiger partial charge is 0.124 e. The molecule has 2 atom stereocenters. The van der Waals surface area contributed by atoms with Crippen LogP contribution >= 0.6 is 22.7 Å². The molecule has 0 aromatic carbocycles. The predicted octanol–water partition coefficient (Wildman–Crippen LogP) is 3.72. The number of hydrogen-bond acceptors (Lipinski definition) is 5. The van der Waals surface area contributed by atoms with Crippen LogP contribution in [0.3, 0.4) is 0 Å². The van der Waals surface area contributed by atoms with Gasteiger partial charge in [0.05, 0.1) is 17.2 Å². The van der Waals surface area contributed by atoms with Crippen LogP contribution in [-0.4, -0.2) is 35.6 Å². The first kappa shape index (κ1) is 13.0. The second-order valence-corrected chi connectivity index (χ2v) is 7.77. The topological polar surface area (TPSA) is 25.4 Å². The van der Waals surface area contributed by atoms with E-state index < -0.39 is 0 Å². The largest absolute Gasteiger partial charge is 0.368 e. The quantitative estimate of drug-likeness (QED) is 0.845. The maximum atomic E-state index is 6.04. The van der Waals surface area contributed by atoms with E-state index in [9.17, 15) is 0 Å². The number of fused-ring (bicyclic) bond motifs is 1. The molecule has 3 nitrogen and oxygen atoms in total. The van der Waals surface area contributed by atoms with Crippen LogP contribution in [-0.2, 0) is 4.74 Å². The van der Waals surface area contributed by atoms with Gasteiger partial charge >= 0.3 is 0 Å². The molecule has 2 aromatic heterocycles. The van der Waals surface area contributed by atoms with Gasteiger partial charge in [0.15, 0.2) is 0 Å². The number of nitrogens with zero attached hydrogens (tertiary/aromatic N) is 2. The lowest BCUT2D eigenvalue weighted by atomic mass is 10.2. The molecule has 2 aliphatic rings. The van der Waals surface area contributed by atoms with E-state index in [1.54, 1.807) is 11.3 Å². The predicted molar refractivity (Wildman–Crippen MR) is 83.5 cm³/mol. The van der Waals surface area contributed by atoms with Crippen LogP contribution in [0.1, 0.15) is 28.8 Å². The highest BCUT2D eigenvalue weighted by atomic mass is 32.1. The fourth-order valence-corrected chi connectivity index (χ4v) is 4.85. The SMILES string of the molecule is Cc1ccc(-c2csc([C@H]3CN4CCC[C@H]4CO3)n2)s1. The first-order chi connectivity index (χ1) is 9.79. The van der Waals surface area contributed by atoms with Crippen molar-refractivity contribution in [2.24, 2.45) is 0 Å². The minimum absolute atomic E-state index is 0.171. The fraction of sp³-hybridized carbons (Fsp3) is 0.533. The van der Waals surface area contributed by atoms with Gasteiger partial charge in [-0.15, -0.1) is 22.7 Å². The van der Waals surface area contributed by atoms with Crippen LogP contribution in [0.25, 0.3) is 10.6 Å². The van der Waals surface area contributed by atoms with Gasteiger partial charge in [-0.3, -0.25) is 4.90 Å². The van der Waals surface area contributed by atoms with Gasteiger partial charge in [0.25, 0.3) is 0 Å². The summed E-state index contributed by atoms with van der Waals surface area (Å²) in [5, 5.41) is 3.30. The number of ether oxygens (including phenoxy) is 1.